The molecule has 0 unspecified atom stereocenters. The van der Waals surface area contributed by atoms with E-state index in [4.69, 9.17) is 4.74 Å². The number of hydrogen-bond donors (Lipinski definition) is 1. The van der Waals surface area contributed by atoms with E-state index in [0.29, 0.717) is 5.56 Å². The minimum Gasteiger partial charge on any atom is -0.456 e. The highest BCUT2D eigenvalue weighted by Crippen LogP contribution is 2.14. The molecule has 0 bridgehead atoms. The molecule has 20 heavy (non-hydrogen) atoms. The van der Waals surface area contributed by atoms with Gasteiger partial charge in [-0.15, -0.1) is 0 Å². The van der Waals surface area contributed by atoms with E-state index in [1.54, 1.807) is 51.1 Å². The summed E-state index contributed by atoms with van der Waals surface area (Å²) in [6.45, 7) is 4.72. The van der Waals surface area contributed by atoms with Gasteiger partial charge in [-0.1, -0.05) is 39.0 Å². The molecule has 0 atom stereocenters. The van der Waals surface area contributed by atoms with Gasteiger partial charge in [-0.2, -0.15) is 0 Å². The summed E-state index contributed by atoms with van der Waals surface area (Å²) in [4.78, 5) is 34.6. The van der Waals surface area contributed by atoms with Gasteiger partial charge in [0.1, 0.15) is 6.54 Å². The number of Topliss-reactive ketones (excluding diaryl/α,β-unsaturated/α-hetero) is 1. The van der Waals surface area contributed by atoms with Gasteiger partial charge in [-0.25, -0.2) is 0 Å². The fourth-order valence-electron chi connectivity index (χ4n) is 1.26. The summed E-state index contributed by atoms with van der Waals surface area (Å²) in [7, 11) is 0. The van der Waals surface area contributed by atoms with Crippen molar-refractivity contribution in [3.8, 4) is 0 Å². The Morgan fingerprint density at radius 2 is 1.70 bits per heavy atom. The highest BCUT2D eigenvalue weighted by Gasteiger charge is 2.22. The van der Waals surface area contributed by atoms with Crippen LogP contribution < -0.4 is 5.32 Å². The third-order valence-electron chi connectivity index (χ3n) is 2.63. The first-order valence-electron chi connectivity index (χ1n) is 6.33. The van der Waals surface area contributed by atoms with Gasteiger partial charge in [0.25, 0.3) is 5.91 Å². The first kappa shape index (κ1) is 15.9. The Morgan fingerprint density at radius 3 is 2.25 bits per heavy atom. The van der Waals surface area contributed by atoms with Crippen molar-refractivity contribution in [1.29, 1.82) is 0 Å². The highest BCUT2D eigenvalue weighted by atomic mass is 16.5. The molecule has 0 aliphatic rings. The molecule has 5 heteroatoms. The number of ketones is 1. The van der Waals surface area contributed by atoms with Crippen molar-refractivity contribution < 1.29 is 19.1 Å². The molecule has 0 aliphatic carbocycles. The third-order valence-corrected chi connectivity index (χ3v) is 2.63. The second-order valence-corrected chi connectivity index (χ2v) is 5.38. The number of carbonyl (C=O) groups is 3. The van der Waals surface area contributed by atoms with Crippen molar-refractivity contribution in [2.45, 2.75) is 20.8 Å². The lowest BCUT2D eigenvalue weighted by atomic mass is 9.91. The van der Waals surface area contributed by atoms with E-state index in [0.717, 1.165) is 0 Å². The van der Waals surface area contributed by atoms with E-state index >= 15 is 0 Å². The van der Waals surface area contributed by atoms with Gasteiger partial charge >= 0.3 is 5.97 Å². The van der Waals surface area contributed by atoms with E-state index in [2.05, 4.69) is 5.32 Å². The molecule has 5 nitrogen and oxygen atoms in total. The fourth-order valence-corrected chi connectivity index (χ4v) is 1.26. The van der Waals surface area contributed by atoms with Crippen molar-refractivity contribution >= 4 is 17.7 Å². The molecule has 0 spiro atoms. The highest BCUT2D eigenvalue weighted by molar-refractivity contribution is 5.96. The number of rotatable bonds is 5. The lowest BCUT2D eigenvalue weighted by Crippen LogP contribution is -2.33. The maximum Gasteiger partial charge on any atom is 0.325 e. The number of nitrogens with one attached hydrogen (secondary N) is 1. The molecule has 0 radical (unpaired) electrons. The number of hydrogen-bond acceptors (Lipinski definition) is 4. The van der Waals surface area contributed by atoms with E-state index in [1.807, 2.05) is 0 Å². The van der Waals surface area contributed by atoms with Gasteiger partial charge in [-0.3, -0.25) is 14.4 Å². The summed E-state index contributed by atoms with van der Waals surface area (Å²) in [5, 5.41) is 2.44. The van der Waals surface area contributed by atoms with Crippen LogP contribution in [0.4, 0.5) is 0 Å². The monoisotopic (exact) mass is 277 g/mol. The van der Waals surface area contributed by atoms with E-state index in [9.17, 15) is 14.4 Å². The van der Waals surface area contributed by atoms with Crippen molar-refractivity contribution in [1.82, 2.24) is 5.32 Å². The summed E-state index contributed by atoms with van der Waals surface area (Å²) in [5.41, 5.74) is -0.0841. The zero-order valence-corrected chi connectivity index (χ0v) is 11.9. The molecule has 1 amide bonds. The Labute approximate surface area is 118 Å². The Bertz CT molecular complexity index is 488. The molecule has 1 rings (SSSR count). The number of benzene rings is 1. The molecule has 0 fully saturated rings. The van der Waals surface area contributed by atoms with Crippen LogP contribution in [0.3, 0.4) is 0 Å². The molecule has 108 valence electrons. The van der Waals surface area contributed by atoms with Gasteiger partial charge in [0, 0.05) is 11.0 Å². The van der Waals surface area contributed by atoms with Crippen molar-refractivity contribution in [2.75, 3.05) is 13.2 Å². The minimum atomic E-state index is -0.633. The minimum absolute atomic E-state index is 0.166. The maximum atomic E-state index is 11.7. The lowest BCUT2D eigenvalue weighted by Gasteiger charge is -2.16. The molecular formula is C15H19NO4. The first-order valence-corrected chi connectivity index (χ1v) is 6.33. The Hall–Kier alpha value is -2.17. The summed E-state index contributed by atoms with van der Waals surface area (Å²) in [5.74, 6) is -1.16. The van der Waals surface area contributed by atoms with E-state index in [1.165, 1.54) is 0 Å². The van der Waals surface area contributed by atoms with E-state index < -0.39 is 11.4 Å². The Morgan fingerprint density at radius 1 is 1.10 bits per heavy atom. The lowest BCUT2D eigenvalue weighted by molar-refractivity contribution is -0.149. The van der Waals surface area contributed by atoms with Crippen LogP contribution in [-0.4, -0.2) is 30.8 Å². The zero-order chi connectivity index (χ0) is 15.2. The van der Waals surface area contributed by atoms with Gasteiger partial charge in [-0.05, 0) is 12.1 Å². The van der Waals surface area contributed by atoms with Gasteiger partial charge in [0.15, 0.2) is 12.4 Å². The predicted molar refractivity (Wildman–Crippen MR) is 74.2 cm³/mol. The van der Waals surface area contributed by atoms with Crippen LogP contribution in [0.2, 0.25) is 0 Å². The zero-order valence-electron chi connectivity index (χ0n) is 11.9. The van der Waals surface area contributed by atoms with Crippen molar-refractivity contribution in [3.63, 3.8) is 0 Å². The summed E-state index contributed by atoms with van der Waals surface area (Å²) in [6, 6.07) is 8.54. The molecule has 1 aromatic carbocycles. The second kappa shape index (κ2) is 6.84. The Balaban J connectivity index is 2.34. The van der Waals surface area contributed by atoms with Crippen molar-refractivity contribution in [3.05, 3.63) is 35.9 Å². The largest absolute Gasteiger partial charge is 0.456 e. The topological polar surface area (TPSA) is 72.5 Å². The van der Waals surface area contributed by atoms with Crippen LogP contribution in [0.25, 0.3) is 0 Å². The Kier molecular flexibility index (Phi) is 5.43. The fraction of sp³-hybridized carbons (Fsp3) is 0.400. The average molecular weight is 277 g/mol. The molecular weight excluding hydrogens is 258 g/mol. The smallest absolute Gasteiger partial charge is 0.325 e. The van der Waals surface area contributed by atoms with Crippen LogP contribution >= 0.6 is 0 Å². The molecule has 0 saturated carbocycles. The number of carbonyl (C=O) groups excluding carboxylic acids is 3. The molecule has 0 heterocycles. The normalized spacial score (nSPS) is 10.8. The standard InChI is InChI=1S/C15H19NO4/c1-15(2,3)12(17)10-20-13(18)9-16-14(19)11-7-5-4-6-8-11/h4-8H,9-10H2,1-3H3,(H,16,19). The van der Waals surface area contributed by atoms with Crippen LogP contribution in [-0.2, 0) is 14.3 Å². The van der Waals surface area contributed by atoms with Crippen LogP contribution in [0, 0.1) is 5.41 Å². The van der Waals surface area contributed by atoms with Crippen LogP contribution in [0.5, 0.6) is 0 Å². The van der Waals surface area contributed by atoms with Crippen LogP contribution in [0.1, 0.15) is 31.1 Å². The quantitative estimate of drug-likeness (QED) is 0.829. The predicted octanol–water partition coefficient (Wildman–Crippen LogP) is 1.57. The van der Waals surface area contributed by atoms with Gasteiger partial charge < -0.3 is 10.1 Å². The van der Waals surface area contributed by atoms with E-state index in [-0.39, 0.29) is 24.8 Å². The molecule has 0 aromatic heterocycles. The average Bonchev–Trinajstić information content (AvgIpc) is 2.41. The molecule has 0 aliphatic heterocycles. The SMILES string of the molecule is CC(C)(C)C(=O)COC(=O)CNC(=O)c1ccccc1. The number of amides is 1. The summed E-state index contributed by atoms with van der Waals surface area (Å²) < 4.78 is 4.81. The number of ether oxygens (including phenoxy) is 1. The molecule has 1 N–H and O–H groups in total. The van der Waals surface area contributed by atoms with Crippen molar-refractivity contribution in [2.24, 2.45) is 5.41 Å². The maximum absolute atomic E-state index is 11.7. The summed E-state index contributed by atoms with van der Waals surface area (Å²) in [6.07, 6.45) is 0. The van der Waals surface area contributed by atoms with Gasteiger partial charge in [0.05, 0.1) is 0 Å². The third kappa shape index (κ3) is 5.22. The van der Waals surface area contributed by atoms with Gasteiger partial charge in [0.2, 0.25) is 0 Å². The molecule has 1 aromatic rings. The summed E-state index contributed by atoms with van der Waals surface area (Å²) >= 11 is 0. The number of esters is 1. The van der Waals surface area contributed by atoms with Crippen LogP contribution in [0.15, 0.2) is 30.3 Å². The molecule has 0 saturated heterocycles. The second-order valence-electron chi connectivity index (χ2n) is 5.38. The first-order chi connectivity index (χ1) is 9.30.